The zero-order chi connectivity index (χ0) is 20.9. The third kappa shape index (κ3) is 5.74. The van der Waals surface area contributed by atoms with Gasteiger partial charge in [-0.25, -0.2) is 13.2 Å². The van der Waals surface area contributed by atoms with E-state index < -0.39 is 28.1 Å². The van der Waals surface area contributed by atoms with Gasteiger partial charge in [0.25, 0.3) is 10.0 Å². The maximum Gasteiger partial charge on any atom is 0.573 e. The van der Waals surface area contributed by atoms with Crippen molar-refractivity contribution in [3.63, 3.8) is 0 Å². The molecule has 0 fully saturated rings. The molecular weight excluding hydrogens is 399 g/mol. The van der Waals surface area contributed by atoms with E-state index >= 15 is 0 Å². The number of esters is 1. The highest BCUT2D eigenvalue weighted by molar-refractivity contribution is 7.92. The van der Waals surface area contributed by atoms with E-state index in [2.05, 4.69) is 14.2 Å². The highest BCUT2D eigenvalue weighted by atomic mass is 32.2. The highest BCUT2D eigenvalue weighted by Crippen LogP contribution is 2.30. The van der Waals surface area contributed by atoms with E-state index in [4.69, 9.17) is 0 Å². The van der Waals surface area contributed by atoms with Gasteiger partial charge in [-0.1, -0.05) is 18.2 Å². The molecule has 0 bridgehead atoms. The lowest BCUT2D eigenvalue weighted by Crippen LogP contribution is -2.18. The molecule has 6 nitrogen and oxygen atoms in total. The Morgan fingerprint density at radius 1 is 1.14 bits per heavy atom. The van der Waals surface area contributed by atoms with Crippen molar-refractivity contribution in [2.45, 2.75) is 18.2 Å². The summed E-state index contributed by atoms with van der Waals surface area (Å²) >= 11 is 0. The molecule has 0 aromatic heterocycles. The van der Waals surface area contributed by atoms with Crippen LogP contribution in [0, 0.1) is 6.92 Å². The van der Waals surface area contributed by atoms with Gasteiger partial charge in [-0.3, -0.25) is 4.72 Å². The molecule has 0 amide bonds. The number of aryl methyl sites for hydroxylation is 1. The largest absolute Gasteiger partial charge is 0.573 e. The van der Waals surface area contributed by atoms with Crippen molar-refractivity contribution >= 4 is 27.8 Å². The molecule has 0 spiro atoms. The normalized spacial score (nSPS) is 12.0. The molecule has 2 rings (SSSR count). The minimum absolute atomic E-state index is 0.00788. The van der Waals surface area contributed by atoms with Crippen molar-refractivity contribution in [3.05, 3.63) is 59.7 Å². The van der Waals surface area contributed by atoms with Crippen LogP contribution in [0.2, 0.25) is 0 Å². The molecule has 28 heavy (non-hydrogen) atoms. The van der Waals surface area contributed by atoms with Gasteiger partial charge in [0.15, 0.2) is 0 Å². The molecule has 2 aromatic rings. The predicted molar refractivity (Wildman–Crippen MR) is 96.2 cm³/mol. The number of ether oxygens (including phenoxy) is 2. The number of anilines is 1. The third-order valence-corrected chi connectivity index (χ3v) is 5.01. The summed E-state index contributed by atoms with van der Waals surface area (Å²) < 4.78 is 73.2. The van der Waals surface area contributed by atoms with Crippen molar-refractivity contribution in [2.24, 2.45) is 0 Å². The highest BCUT2D eigenvalue weighted by Gasteiger charge is 2.31. The standard InChI is InChI=1S/C18H16F3NO5S/c1-12-5-3-4-6-16(12)28(24,25)22-15-9-8-14(27-18(19,20)21)11-13(15)7-10-17(23)26-2/h3-11,22H,1-2H3/b10-7+. The Morgan fingerprint density at radius 3 is 2.43 bits per heavy atom. The lowest BCUT2D eigenvalue weighted by molar-refractivity contribution is -0.274. The molecule has 0 radical (unpaired) electrons. The van der Waals surface area contributed by atoms with Crippen LogP contribution in [0.1, 0.15) is 11.1 Å². The van der Waals surface area contributed by atoms with Gasteiger partial charge in [-0.2, -0.15) is 0 Å². The molecule has 2 aromatic carbocycles. The molecule has 0 saturated heterocycles. The van der Waals surface area contributed by atoms with Crippen molar-refractivity contribution < 1.29 is 35.9 Å². The smallest absolute Gasteiger partial charge is 0.466 e. The van der Waals surface area contributed by atoms with Crippen LogP contribution in [0.5, 0.6) is 5.75 Å². The fraction of sp³-hybridized carbons (Fsp3) is 0.167. The minimum Gasteiger partial charge on any atom is -0.466 e. The van der Waals surface area contributed by atoms with Gasteiger partial charge in [0.05, 0.1) is 17.7 Å². The molecule has 0 unspecified atom stereocenters. The minimum atomic E-state index is -4.93. The third-order valence-electron chi connectivity index (χ3n) is 3.48. The monoisotopic (exact) mass is 415 g/mol. The number of carbonyl (C=O) groups is 1. The van der Waals surface area contributed by atoms with E-state index in [1.54, 1.807) is 25.1 Å². The van der Waals surface area contributed by atoms with E-state index in [-0.39, 0.29) is 16.1 Å². The predicted octanol–water partition coefficient (Wildman–Crippen LogP) is 3.88. The first-order chi connectivity index (χ1) is 13.0. The van der Waals surface area contributed by atoms with E-state index in [0.717, 1.165) is 37.5 Å². The average Bonchev–Trinajstić information content (AvgIpc) is 2.60. The number of benzene rings is 2. The topological polar surface area (TPSA) is 81.7 Å². The summed E-state index contributed by atoms with van der Waals surface area (Å²) in [6.07, 6.45) is -2.87. The number of hydrogen-bond acceptors (Lipinski definition) is 5. The molecular formula is C18H16F3NO5S. The van der Waals surface area contributed by atoms with Gasteiger partial charge >= 0.3 is 12.3 Å². The van der Waals surface area contributed by atoms with Crippen LogP contribution in [0.15, 0.2) is 53.4 Å². The summed E-state index contributed by atoms with van der Waals surface area (Å²) in [5, 5.41) is 0. The lowest BCUT2D eigenvalue weighted by atomic mass is 10.1. The number of nitrogens with one attached hydrogen (secondary N) is 1. The average molecular weight is 415 g/mol. The maximum absolute atomic E-state index is 12.6. The van der Waals surface area contributed by atoms with E-state index in [1.807, 2.05) is 0 Å². The fourth-order valence-electron chi connectivity index (χ4n) is 2.25. The number of halogens is 3. The van der Waals surface area contributed by atoms with Crippen LogP contribution in [-0.4, -0.2) is 27.9 Å². The Morgan fingerprint density at radius 2 is 1.82 bits per heavy atom. The SMILES string of the molecule is COC(=O)/C=C/c1cc(OC(F)(F)F)ccc1NS(=O)(=O)c1ccccc1C. The first-order valence-electron chi connectivity index (χ1n) is 7.76. The molecule has 0 aliphatic heterocycles. The summed E-state index contributed by atoms with van der Waals surface area (Å²) in [7, 11) is -2.90. The van der Waals surface area contributed by atoms with Crippen LogP contribution in [0.4, 0.5) is 18.9 Å². The summed E-state index contributed by atoms with van der Waals surface area (Å²) in [4.78, 5) is 11.3. The number of hydrogen-bond donors (Lipinski definition) is 1. The van der Waals surface area contributed by atoms with Crippen molar-refractivity contribution in [2.75, 3.05) is 11.8 Å². The Labute approximate surface area is 159 Å². The number of rotatable bonds is 6. The number of sulfonamides is 1. The number of alkyl halides is 3. The van der Waals surface area contributed by atoms with Crippen LogP contribution >= 0.6 is 0 Å². The van der Waals surface area contributed by atoms with Crippen molar-refractivity contribution in [3.8, 4) is 5.75 Å². The second-order valence-electron chi connectivity index (χ2n) is 5.52. The molecule has 0 atom stereocenters. The van der Waals surface area contributed by atoms with Crippen LogP contribution in [0.3, 0.4) is 0 Å². The van der Waals surface area contributed by atoms with Crippen LogP contribution in [-0.2, 0) is 19.6 Å². The zero-order valence-electron chi connectivity index (χ0n) is 14.8. The Hall–Kier alpha value is -3.01. The second kappa shape index (κ2) is 8.34. The zero-order valence-corrected chi connectivity index (χ0v) is 15.6. The van der Waals surface area contributed by atoms with E-state index in [0.29, 0.717) is 5.56 Å². The summed E-state index contributed by atoms with van der Waals surface area (Å²) in [6, 6.07) is 9.22. The molecule has 1 N–H and O–H groups in total. The van der Waals surface area contributed by atoms with E-state index in [9.17, 15) is 26.4 Å². The number of carbonyl (C=O) groups excluding carboxylic acids is 1. The molecule has 0 aliphatic carbocycles. The maximum atomic E-state index is 12.6. The molecule has 0 heterocycles. The van der Waals surface area contributed by atoms with Gasteiger partial charge in [0.1, 0.15) is 5.75 Å². The summed E-state index contributed by atoms with van der Waals surface area (Å²) in [5.41, 5.74) is 0.418. The Kier molecular flexibility index (Phi) is 6.34. The van der Waals surface area contributed by atoms with Gasteiger partial charge < -0.3 is 9.47 Å². The molecule has 150 valence electrons. The fourth-order valence-corrected chi connectivity index (χ4v) is 3.59. The van der Waals surface area contributed by atoms with Gasteiger partial charge in [-0.05, 0) is 42.8 Å². The van der Waals surface area contributed by atoms with Gasteiger partial charge in [-0.15, -0.1) is 13.2 Å². The van der Waals surface area contributed by atoms with Gasteiger partial charge in [0, 0.05) is 11.6 Å². The lowest BCUT2D eigenvalue weighted by Gasteiger charge is -2.14. The molecule has 0 saturated carbocycles. The Bertz CT molecular complexity index is 1000. The second-order valence-corrected chi connectivity index (χ2v) is 7.18. The van der Waals surface area contributed by atoms with Crippen LogP contribution in [0.25, 0.3) is 6.08 Å². The van der Waals surface area contributed by atoms with Gasteiger partial charge in [0.2, 0.25) is 0 Å². The van der Waals surface area contributed by atoms with Crippen molar-refractivity contribution in [1.82, 2.24) is 0 Å². The molecule has 10 heteroatoms. The van der Waals surface area contributed by atoms with Crippen molar-refractivity contribution in [1.29, 1.82) is 0 Å². The summed E-state index contributed by atoms with van der Waals surface area (Å²) in [6.45, 7) is 1.60. The first-order valence-corrected chi connectivity index (χ1v) is 9.24. The summed E-state index contributed by atoms with van der Waals surface area (Å²) in [5.74, 6) is -1.34. The quantitative estimate of drug-likeness (QED) is 0.572. The van der Waals surface area contributed by atoms with Crippen LogP contribution < -0.4 is 9.46 Å². The number of methoxy groups -OCH3 is 1. The first kappa shape index (κ1) is 21.3. The van der Waals surface area contributed by atoms with E-state index in [1.165, 1.54) is 6.07 Å². The Balaban J connectivity index is 2.45. The molecule has 0 aliphatic rings.